The van der Waals surface area contributed by atoms with Gasteiger partial charge in [-0.05, 0) is 45.0 Å². The molecule has 7 heteroatoms. The van der Waals surface area contributed by atoms with E-state index in [-0.39, 0.29) is 18.0 Å². The Morgan fingerprint density at radius 2 is 1.72 bits per heavy atom. The standard InChI is InChI=1S/C18H28N4O3/c1-13(2)19-18(24)20-17(23)14(3)21-9-11-22(12-10-21)15-5-7-16(25-4)8-6-15/h5-8,13-14H,9-12H2,1-4H3,(H2,19,20,23,24)/p+1/t14-/m1/s1. The molecule has 0 aliphatic carbocycles. The van der Waals surface area contributed by atoms with Gasteiger partial charge in [-0.15, -0.1) is 0 Å². The van der Waals surface area contributed by atoms with Crippen LogP contribution in [0, 0.1) is 0 Å². The average Bonchev–Trinajstić information content (AvgIpc) is 2.60. The second kappa shape index (κ2) is 8.71. The largest absolute Gasteiger partial charge is 0.497 e. The smallest absolute Gasteiger partial charge is 0.321 e. The molecule has 0 bridgehead atoms. The number of urea groups is 1. The molecule has 0 aromatic heterocycles. The summed E-state index contributed by atoms with van der Waals surface area (Å²) < 4.78 is 5.19. The van der Waals surface area contributed by atoms with Gasteiger partial charge in [0, 0.05) is 11.7 Å². The number of anilines is 1. The number of hydrogen-bond acceptors (Lipinski definition) is 4. The lowest BCUT2D eigenvalue weighted by Gasteiger charge is -2.36. The maximum absolute atomic E-state index is 12.2. The lowest BCUT2D eigenvalue weighted by Crippen LogP contribution is -3.19. The Morgan fingerprint density at radius 3 is 2.24 bits per heavy atom. The van der Waals surface area contributed by atoms with Crippen LogP contribution in [0.4, 0.5) is 10.5 Å². The number of nitrogens with zero attached hydrogens (tertiary/aromatic N) is 1. The molecule has 1 heterocycles. The molecule has 1 aliphatic rings. The number of quaternary nitrogens is 1. The van der Waals surface area contributed by atoms with Gasteiger partial charge in [-0.2, -0.15) is 0 Å². The van der Waals surface area contributed by atoms with Crippen LogP contribution >= 0.6 is 0 Å². The third-order valence-corrected chi connectivity index (χ3v) is 4.51. The summed E-state index contributed by atoms with van der Waals surface area (Å²) >= 11 is 0. The molecule has 0 unspecified atom stereocenters. The second-order valence-electron chi connectivity index (χ2n) is 6.68. The van der Waals surface area contributed by atoms with E-state index < -0.39 is 6.03 Å². The number of hydrogen-bond donors (Lipinski definition) is 3. The van der Waals surface area contributed by atoms with Crippen molar-refractivity contribution in [3.63, 3.8) is 0 Å². The van der Waals surface area contributed by atoms with Gasteiger partial charge in [-0.25, -0.2) is 4.79 Å². The van der Waals surface area contributed by atoms with E-state index in [1.165, 1.54) is 4.90 Å². The minimum Gasteiger partial charge on any atom is -0.497 e. The molecule has 3 N–H and O–H groups in total. The van der Waals surface area contributed by atoms with Crippen LogP contribution in [-0.2, 0) is 4.79 Å². The second-order valence-corrected chi connectivity index (χ2v) is 6.68. The Kier molecular flexibility index (Phi) is 6.64. The van der Waals surface area contributed by atoms with Crippen molar-refractivity contribution < 1.29 is 19.2 Å². The number of carbonyl (C=O) groups is 2. The summed E-state index contributed by atoms with van der Waals surface area (Å²) in [6, 6.07) is 7.34. The van der Waals surface area contributed by atoms with Gasteiger partial charge in [0.15, 0.2) is 6.04 Å². The third-order valence-electron chi connectivity index (χ3n) is 4.51. The van der Waals surface area contributed by atoms with Crippen molar-refractivity contribution >= 4 is 17.6 Å². The first-order chi connectivity index (χ1) is 11.9. The van der Waals surface area contributed by atoms with E-state index in [1.807, 2.05) is 32.9 Å². The van der Waals surface area contributed by atoms with Crippen LogP contribution in [0.3, 0.4) is 0 Å². The van der Waals surface area contributed by atoms with Crippen LogP contribution in [0.25, 0.3) is 0 Å². The molecule has 0 radical (unpaired) electrons. The predicted molar refractivity (Wildman–Crippen MR) is 97.2 cm³/mol. The molecular formula is C18H29N4O3+. The predicted octanol–water partition coefficient (Wildman–Crippen LogP) is 0.0228. The van der Waals surface area contributed by atoms with Crippen molar-refractivity contribution in [3.05, 3.63) is 24.3 Å². The van der Waals surface area contributed by atoms with Crippen molar-refractivity contribution in [3.8, 4) is 5.75 Å². The van der Waals surface area contributed by atoms with Gasteiger partial charge in [0.05, 0.1) is 33.3 Å². The quantitative estimate of drug-likeness (QED) is 0.701. The van der Waals surface area contributed by atoms with E-state index in [2.05, 4.69) is 27.7 Å². The molecule has 0 spiro atoms. The lowest BCUT2D eigenvalue weighted by atomic mass is 10.2. The first-order valence-electron chi connectivity index (χ1n) is 8.75. The van der Waals surface area contributed by atoms with Crippen LogP contribution in [-0.4, -0.2) is 57.3 Å². The fourth-order valence-electron chi connectivity index (χ4n) is 2.98. The van der Waals surface area contributed by atoms with Gasteiger partial charge >= 0.3 is 6.03 Å². The molecule has 1 aromatic carbocycles. The number of ether oxygens (including phenoxy) is 1. The summed E-state index contributed by atoms with van der Waals surface area (Å²) in [5.74, 6) is 0.615. The highest BCUT2D eigenvalue weighted by Crippen LogP contribution is 2.18. The molecule has 1 aromatic rings. The molecule has 3 amide bonds. The summed E-state index contributed by atoms with van der Waals surface area (Å²) in [6.07, 6.45) is 0. The fraction of sp³-hybridized carbons (Fsp3) is 0.556. The van der Waals surface area contributed by atoms with E-state index in [9.17, 15) is 9.59 Å². The Morgan fingerprint density at radius 1 is 1.12 bits per heavy atom. The molecule has 25 heavy (non-hydrogen) atoms. The SMILES string of the molecule is COc1ccc(N2CC[NH+]([C@H](C)C(=O)NC(=O)NC(C)C)CC2)cc1. The summed E-state index contributed by atoms with van der Waals surface area (Å²) in [6.45, 7) is 9.04. The monoisotopic (exact) mass is 349 g/mol. The van der Waals surface area contributed by atoms with Crippen LogP contribution in [0.1, 0.15) is 20.8 Å². The van der Waals surface area contributed by atoms with E-state index in [0.717, 1.165) is 37.6 Å². The highest BCUT2D eigenvalue weighted by molar-refractivity contribution is 5.96. The summed E-state index contributed by atoms with van der Waals surface area (Å²) in [5.41, 5.74) is 1.16. The van der Waals surface area contributed by atoms with Crippen molar-refractivity contribution in [1.82, 2.24) is 10.6 Å². The van der Waals surface area contributed by atoms with Crippen molar-refractivity contribution in [2.24, 2.45) is 0 Å². The lowest BCUT2D eigenvalue weighted by molar-refractivity contribution is -0.914. The molecule has 1 saturated heterocycles. The van der Waals surface area contributed by atoms with Crippen molar-refractivity contribution in [2.75, 3.05) is 38.2 Å². The fourth-order valence-corrected chi connectivity index (χ4v) is 2.98. The maximum atomic E-state index is 12.2. The molecule has 1 fully saturated rings. The number of rotatable bonds is 5. The van der Waals surface area contributed by atoms with Crippen LogP contribution < -0.4 is 25.2 Å². The van der Waals surface area contributed by atoms with Crippen LogP contribution in [0.15, 0.2) is 24.3 Å². The number of piperazine rings is 1. The number of amides is 3. The topological polar surface area (TPSA) is 75.1 Å². The minimum absolute atomic E-state index is 0.00324. The van der Waals surface area contributed by atoms with E-state index in [4.69, 9.17) is 4.74 Å². The highest BCUT2D eigenvalue weighted by atomic mass is 16.5. The first kappa shape index (κ1) is 19.1. The molecule has 1 atom stereocenters. The Hall–Kier alpha value is -2.28. The number of nitrogens with one attached hydrogen (secondary N) is 3. The molecule has 7 nitrogen and oxygen atoms in total. The first-order valence-corrected chi connectivity index (χ1v) is 8.75. The normalized spacial score (nSPS) is 16.4. The summed E-state index contributed by atoms with van der Waals surface area (Å²) in [5, 5.41) is 5.10. The molecule has 2 rings (SSSR count). The Balaban J connectivity index is 1.83. The number of benzene rings is 1. The molecule has 1 aliphatic heterocycles. The zero-order valence-electron chi connectivity index (χ0n) is 15.5. The van der Waals surface area contributed by atoms with Gasteiger partial charge in [0.1, 0.15) is 5.75 Å². The zero-order chi connectivity index (χ0) is 18.4. The van der Waals surface area contributed by atoms with Gasteiger partial charge < -0.3 is 19.9 Å². The van der Waals surface area contributed by atoms with Crippen LogP contribution in [0.2, 0.25) is 0 Å². The van der Waals surface area contributed by atoms with Crippen molar-refractivity contribution in [2.45, 2.75) is 32.9 Å². The number of carbonyl (C=O) groups excluding carboxylic acids is 2. The third kappa shape index (κ3) is 5.35. The van der Waals surface area contributed by atoms with Crippen LogP contribution in [0.5, 0.6) is 5.75 Å². The van der Waals surface area contributed by atoms with Gasteiger partial charge in [-0.3, -0.25) is 10.1 Å². The van der Waals surface area contributed by atoms with Gasteiger partial charge in [0.25, 0.3) is 5.91 Å². The number of methoxy groups -OCH3 is 1. The summed E-state index contributed by atoms with van der Waals surface area (Å²) in [7, 11) is 1.66. The Labute approximate surface area is 149 Å². The molecule has 0 saturated carbocycles. The average molecular weight is 349 g/mol. The van der Waals surface area contributed by atoms with Gasteiger partial charge in [0.2, 0.25) is 0 Å². The van der Waals surface area contributed by atoms with Gasteiger partial charge in [-0.1, -0.05) is 0 Å². The zero-order valence-corrected chi connectivity index (χ0v) is 15.5. The highest BCUT2D eigenvalue weighted by Gasteiger charge is 2.30. The molecular weight excluding hydrogens is 320 g/mol. The van der Waals surface area contributed by atoms with E-state index in [1.54, 1.807) is 7.11 Å². The Bertz CT molecular complexity index is 580. The van der Waals surface area contributed by atoms with E-state index >= 15 is 0 Å². The molecule has 138 valence electrons. The van der Waals surface area contributed by atoms with E-state index in [0.29, 0.717) is 0 Å². The summed E-state index contributed by atoms with van der Waals surface area (Å²) in [4.78, 5) is 27.4. The maximum Gasteiger partial charge on any atom is 0.321 e. The van der Waals surface area contributed by atoms with Crippen molar-refractivity contribution in [1.29, 1.82) is 0 Å². The number of imide groups is 1. The minimum atomic E-state index is -0.428.